The fourth-order valence-corrected chi connectivity index (χ4v) is 3.96. The Balaban J connectivity index is 2.04. The molecule has 0 spiro atoms. The second-order valence-electron chi connectivity index (χ2n) is 6.05. The van der Waals surface area contributed by atoms with Gasteiger partial charge in [0.25, 0.3) is 0 Å². The highest BCUT2D eigenvalue weighted by molar-refractivity contribution is 5.50. The summed E-state index contributed by atoms with van der Waals surface area (Å²) in [6.07, 6.45) is 4.06. The van der Waals surface area contributed by atoms with Gasteiger partial charge < -0.3 is 14.6 Å². The van der Waals surface area contributed by atoms with Crippen molar-refractivity contribution in [3.8, 4) is 11.5 Å². The standard InChI is InChI=1S/C16H22O3/c1-16(17)7-6-11-12-9-15(19-3)14(18-2)8-10(12)4-5-13(11)16/h8-9,11,13,17H,4-7H2,1-3H3/t11-,13+,16+/m0/s1. The first-order valence-electron chi connectivity index (χ1n) is 7.04. The smallest absolute Gasteiger partial charge is 0.161 e. The third-order valence-corrected chi connectivity index (χ3v) is 5.02. The van der Waals surface area contributed by atoms with E-state index in [0.717, 1.165) is 37.2 Å². The van der Waals surface area contributed by atoms with Crippen LogP contribution in [0.4, 0.5) is 0 Å². The number of aliphatic hydroxyl groups is 1. The van der Waals surface area contributed by atoms with Crippen LogP contribution in [0.3, 0.4) is 0 Å². The van der Waals surface area contributed by atoms with E-state index in [2.05, 4.69) is 12.1 Å². The minimum absolute atomic E-state index is 0.387. The third-order valence-electron chi connectivity index (χ3n) is 5.02. The van der Waals surface area contributed by atoms with Crippen LogP contribution < -0.4 is 9.47 Å². The van der Waals surface area contributed by atoms with Crippen molar-refractivity contribution in [2.75, 3.05) is 14.2 Å². The number of fused-ring (bicyclic) bond motifs is 3. The maximum absolute atomic E-state index is 10.5. The molecule has 1 aromatic carbocycles. The maximum atomic E-state index is 10.5. The minimum atomic E-state index is -0.504. The van der Waals surface area contributed by atoms with E-state index in [-0.39, 0.29) is 0 Å². The van der Waals surface area contributed by atoms with Crippen LogP contribution in [0.5, 0.6) is 11.5 Å². The van der Waals surface area contributed by atoms with Gasteiger partial charge in [-0.15, -0.1) is 0 Å². The Hall–Kier alpha value is -1.22. The minimum Gasteiger partial charge on any atom is -0.493 e. The summed E-state index contributed by atoms with van der Waals surface area (Å²) in [4.78, 5) is 0. The molecule has 3 atom stereocenters. The fourth-order valence-electron chi connectivity index (χ4n) is 3.96. The van der Waals surface area contributed by atoms with E-state index in [1.54, 1.807) is 14.2 Å². The van der Waals surface area contributed by atoms with Crippen LogP contribution in [0.25, 0.3) is 0 Å². The second kappa shape index (κ2) is 4.41. The molecular formula is C16H22O3. The first-order valence-corrected chi connectivity index (χ1v) is 7.04. The Morgan fingerprint density at radius 2 is 1.84 bits per heavy atom. The number of methoxy groups -OCH3 is 2. The highest BCUT2D eigenvalue weighted by atomic mass is 16.5. The molecule has 0 amide bonds. The summed E-state index contributed by atoms with van der Waals surface area (Å²) >= 11 is 0. The van der Waals surface area contributed by atoms with E-state index in [9.17, 15) is 5.11 Å². The summed E-state index contributed by atoms with van der Waals surface area (Å²) in [7, 11) is 3.35. The summed E-state index contributed by atoms with van der Waals surface area (Å²) in [6.45, 7) is 1.99. The molecule has 104 valence electrons. The Morgan fingerprint density at radius 3 is 2.53 bits per heavy atom. The summed E-state index contributed by atoms with van der Waals surface area (Å²) in [5.41, 5.74) is 2.21. The molecule has 0 unspecified atom stereocenters. The van der Waals surface area contributed by atoms with Crippen LogP contribution in [0.15, 0.2) is 12.1 Å². The molecule has 2 aliphatic rings. The monoisotopic (exact) mass is 262 g/mol. The molecule has 1 fully saturated rings. The number of ether oxygens (including phenoxy) is 2. The SMILES string of the molecule is COc1cc2c(cc1OC)[C@@H]1CC[C@@](C)(O)[C@@H]1CC2. The van der Waals surface area contributed by atoms with Crippen LogP contribution in [-0.4, -0.2) is 24.9 Å². The van der Waals surface area contributed by atoms with Gasteiger partial charge in [0.05, 0.1) is 19.8 Å². The van der Waals surface area contributed by atoms with Crippen molar-refractivity contribution in [3.05, 3.63) is 23.3 Å². The number of hydrogen-bond donors (Lipinski definition) is 1. The van der Waals surface area contributed by atoms with E-state index in [1.807, 2.05) is 6.92 Å². The van der Waals surface area contributed by atoms with Crippen LogP contribution >= 0.6 is 0 Å². The average molecular weight is 262 g/mol. The van der Waals surface area contributed by atoms with Crippen LogP contribution in [0, 0.1) is 5.92 Å². The molecule has 0 saturated heterocycles. The molecule has 0 bridgehead atoms. The number of hydrogen-bond acceptors (Lipinski definition) is 3. The molecule has 3 rings (SSSR count). The van der Waals surface area contributed by atoms with Crippen LogP contribution in [0.1, 0.15) is 43.2 Å². The predicted octanol–water partition coefficient (Wildman–Crippen LogP) is 2.89. The van der Waals surface area contributed by atoms with Gasteiger partial charge in [0.15, 0.2) is 11.5 Å². The zero-order chi connectivity index (χ0) is 13.6. The lowest BCUT2D eigenvalue weighted by molar-refractivity contribution is 0.0121. The molecule has 0 radical (unpaired) electrons. The van der Waals surface area contributed by atoms with Gasteiger partial charge in [-0.2, -0.15) is 0 Å². The van der Waals surface area contributed by atoms with Crippen molar-refractivity contribution < 1.29 is 14.6 Å². The van der Waals surface area contributed by atoms with E-state index in [4.69, 9.17) is 9.47 Å². The molecule has 2 aliphatic carbocycles. The van der Waals surface area contributed by atoms with Gasteiger partial charge in [0, 0.05) is 0 Å². The van der Waals surface area contributed by atoms with Gasteiger partial charge in [0.1, 0.15) is 0 Å². The Labute approximate surface area is 114 Å². The molecule has 0 heterocycles. The average Bonchev–Trinajstić information content (AvgIpc) is 2.73. The van der Waals surface area contributed by atoms with Crippen molar-refractivity contribution in [1.29, 1.82) is 0 Å². The third kappa shape index (κ3) is 1.91. The molecule has 0 aliphatic heterocycles. The first-order chi connectivity index (χ1) is 9.06. The van der Waals surface area contributed by atoms with E-state index in [0.29, 0.717) is 11.8 Å². The molecule has 19 heavy (non-hydrogen) atoms. The normalized spacial score (nSPS) is 32.6. The Morgan fingerprint density at radius 1 is 1.16 bits per heavy atom. The molecule has 3 heteroatoms. The lowest BCUT2D eigenvalue weighted by atomic mass is 9.73. The van der Waals surface area contributed by atoms with Gasteiger partial charge in [-0.25, -0.2) is 0 Å². The predicted molar refractivity (Wildman–Crippen MR) is 74.0 cm³/mol. The Bertz CT molecular complexity index is 493. The van der Waals surface area contributed by atoms with Crippen molar-refractivity contribution in [3.63, 3.8) is 0 Å². The van der Waals surface area contributed by atoms with Gasteiger partial charge in [-0.1, -0.05) is 0 Å². The van der Waals surface area contributed by atoms with Gasteiger partial charge in [0.2, 0.25) is 0 Å². The molecule has 1 saturated carbocycles. The summed E-state index contributed by atoms with van der Waals surface area (Å²) in [5.74, 6) is 2.47. The molecule has 1 N–H and O–H groups in total. The maximum Gasteiger partial charge on any atom is 0.161 e. The topological polar surface area (TPSA) is 38.7 Å². The van der Waals surface area contributed by atoms with Gasteiger partial charge >= 0.3 is 0 Å². The van der Waals surface area contributed by atoms with Gasteiger partial charge in [-0.3, -0.25) is 0 Å². The summed E-state index contributed by atoms with van der Waals surface area (Å²) in [6, 6.07) is 4.23. The first kappa shape index (κ1) is 12.8. The highest BCUT2D eigenvalue weighted by Crippen LogP contribution is 2.53. The lowest BCUT2D eigenvalue weighted by Crippen LogP contribution is -2.33. The zero-order valence-electron chi connectivity index (χ0n) is 11.9. The Kier molecular flexibility index (Phi) is 2.97. The van der Waals surface area contributed by atoms with E-state index in [1.165, 1.54) is 11.1 Å². The van der Waals surface area contributed by atoms with Crippen molar-refractivity contribution in [2.45, 2.75) is 44.1 Å². The fraction of sp³-hybridized carbons (Fsp3) is 0.625. The van der Waals surface area contributed by atoms with E-state index >= 15 is 0 Å². The summed E-state index contributed by atoms with van der Waals surface area (Å²) < 4.78 is 10.8. The number of benzene rings is 1. The quantitative estimate of drug-likeness (QED) is 0.890. The summed E-state index contributed by atoms with van der Waals surface area (Å²) in [5, 5.41) is 10.5. The number of rotatable bonds is 2. The van der Waals surface area contributed by atoms with E-state index < -0.39 is 5.60 Å². The largest absolute Gasteiger partial charge is 0.493 e. The second-order valence-corrected chi connectivity index (χ2v) is 6.05. The lowest BCUT2D eigenvalue weighted by Gasteiger charge is -2.35. The zero-order valence-corrected chi connectivity index (χ0v) is 11.9. The number of aryl methyl sites for hydroxylation is 1. The molecule has 1 aromatic rings. The van der Waals surface area contributed by atoms with Crippen molar-refractivity contribution >= 4 is 0 Å². The molecule has 3 nitrogen and oxygen atoms in total. The van der Waals surface area contributed by atoms with Crippen LogP contribution in [-0.2, 0) is 6.42 Å². The van der Waals surface area contributed by atoms with Gasteiger partial charge in [-0.05, 0) is 67.7 Å². The van der Waals surface area contributed by atoms with Crippen molar-refractivity contribution in [1.82, 2.24) is 0 Å². The van der Waals surface area contributed by atoms with Crippen LogP contribution in [0.2, 0.25) is 0 Å². The highest BCUT2D eigenvalue weighted by Gasteiger charge is 2.46. The molecular weight excluding hydrogens is 240 g/mol. The van der Waals surface area contributed by atoms with Crippen molar-refractivity contribution in [2.24, 2.45) is 5.92 Å². The molecule has 0 aromatic heterocycles.